The lowest BCUT2D eigenvalue weighted by Crippen LogP contribution is -2.51. The van der Waals surface area contributed by atoms with Crippen LogP contribution in [0.1, 0.15) is 33.6 Å². The second-order valence-corrected chi connectivity index (χ2v) is 6.21. The van der Waals surface area contributed by atoms with Crippen LogP contribution in [-0.4, -0.2) is 43.5 Å². The predicted octanol–water partition coefficient (Wildman–Crippen LogP) is 1.06. The highest BCUT2D eigenvalue weighted by Crippen LogP contribution is 2.17. The molecule has 1 heterocycles. The Balaban J connectivity index is 2.47. The molecule has 0 aliphatic carbocycles. The first kappa shape index (κ1) is 15.4. The van der Waals surface area contributed by atoms with Crippen LogP contribution in [0.3, 0.4) is 0 Å². The summed E-state index contributed by atoms with van der Waals surface area (Å²) in [5.74, 6) is 1.15. The van der Waals surface area contributed by atoms with Gasteiger partial charge in [0.25, 0.3) is 0 Å². The molecule has 3 N–H and O–H groups in total. The fraction of sp³-hybridized carbons (Fsp3) is 0.929. The first-order chi connectivity index (χ1) is 8.43. The van der Waals surface area contributed by atoms with Crippen LogP contribution in [-0.2, 0) is 4.79 Å². The molecule has 3 atom stereocenters. The van der Waals surface area contributed by atoms with Crippen LogP contribution in [0, 0.1) is 17.8 Å². The summed E-state index contributed by atoms with van der Waals surface area (Å²) in [5.41, 5.74) is 5.71. The maximum Gasteiger partial charge on any atom is 0.224 e. The molecule has 18 heavy (non-hydrogen) atoms. The molecule has 1 aliphatic rings. The Morgan fingerprint density at radius 2 is 2.17 bits per heavy atom. The zero-order valence-corrected chi connectivity index (χ0v) is 12.3. The Labute approximate surface area is 111 Å². The van der Waals surface area contributed by atoms with Crippen LogP contribution in [0.15, 0.2) is 0 Å². The topological polar surface area (TPSA) is 58.4 Å². The van der Waals surface area contributed by atoms with Gasteiger partial charge in [-0.25, -0.2) is 0 Å². The molecule has 1 aliphatic heterocycles. The number of amides is 1. The smallest absolute Gasteiger partial charge is 0.224 e. The van der Waals surface area contributed by atoms with Gasteiger partial charge < -0.3 is 16.0 Å². The number of hydrogen-bond acceptors (Lipinski definition) is 3. The molecule has 4 heteroatoms. The molecule has 3 unspecified atom stereocenters. The van der Waals surface area contributed by atoms with E-state index < -0.39 is 0 Å². The molecule has 0 aromatic rings. The first-order valence-electron chi connectivity index (χ1n) is 7.13. The summed E-state index contributed by atoms with van der Waals surface area (Å²) in [7, 11) is 2.13. The third-order valence-electron chi connectivity index (χ3n) is 3.85. The van der Waals surface area contributed by atoms with Crippen LogP contribution in [0.4, 0.5) is 0 Å². The maximum atomic E-state index is 12.2. The minimum absolute atomic E-state index is 0.0307. The van der Waals surface area contributed by atoms with Gasteiger partial charge in [0.15, 0.2) is 0 Å². The van der Waals surface area contributed by atoms with E-state index in [1.54, 1.807) is 0 Å². The minimum Gasteiger partial charge on any atom is -0.353 e. The molecule has 106 valence electrons. The van der Waals surface area contributed by atoms with Gasteiger partial charge in [0, 0.05) is 19.1 Å². The fourth-order valence-electron chi connectivity index (χ4n) is 2.75. The van der Waals surface area contributed by atoms with E-state index in [0.29, 0.717) is 24.4 Å². The van der Waals surface area contributed by atoms with E-state index in [1.165, 1.54) is 0 Å². The maximum absolute atomic E-state index is 12.2. The molecular formula is C14H29N3O. The summed E-state index contributed by atoms with van der Waals surface area (Å²) in [4.78, 5) is 14.5. The molecule has 1 saturated heterocycles. The molecule has 0 saturated carbocycles. The third-order valence-corrected chi connectivity index (χ3v) is 3.85. The highest BCUT2D eigenvalue weighted by molar-refractivity contribution is 5.79. The van der Waals surface area contributed by atoms with Gasteiger partial charge in [0.05, 0.1) is 5.92 Å². The van der Waals surface area contributed by atoms with Crippen LogP contribution in [0.5, 0.6) is 0 Å². The Morgan fingerprint density at radius 1 is 1.50 bits per heavy atom. The average molecular weight is 255 g/mol. The lowest BCUT2D eigenvalue weighted by molar-refractivity contribution is -0.126. The van der Waals surface area contributed by atoms with Gasteiger partial charge >= 0.3 is 0 Å². The van der Waals surface area contributed by atoms with Crippen molar-refractivity contribution in [2.75, 3.05) is 26.7 Å². The largest absolute Gasteiger partial charge is 0.353 e. The highest BCUT2D eigenvalue weighted by Gasteiger charge is 2.27. The molecule has 1 fully saturated rings. The molecule has 0 bridgehead atoms. The van der Waals surface area contributed by atoms with E-state index in [2.05, 4.69) is 38.0 Å². The van der Waals surface area contributed by atoms with Crippen molar-refractivity contribution >= 4 is 5.91 Å². The first-order valence-corrected chi connectivity index (χ1v) is 7.13. The van der Waals surface area contributed by atoms with Gasteiger partial charge in [-0.3, -0.25) is 4.79 Å². The van der Waals surface area contributed by atoms with Crippen molar-refractivity contribution in [2.45, 2.75) is 39.7 Å². The van der Waals surface area contributed by atoms with Crippen molar-refractivity contribution in [2.24, 2.45) is 23.5 Å². The zero-order valence-electron chi connectivity index (χ0n) is 12.3. The number of carbonyl (C=O) groups is 1. The van der Waals surface area contributed by atoms with E-state index in [4.69, 9.17) is 5.73 Å². The quantitative estimate of drug-likeness (QED) is 0.772. The Kier molecular flexibility index (Phi) is 6.09. The molecule has 0 spiro atoms. The highest BCUT2D eigenvalue weighted by atomic mass is 16.2. The van der Waals surface area contributed by atoms with E-state index in [-0.39, 0.29) is 11.8 Å². The zero-order chi connectivity index (χ0) is 13.7. The summed E-state index contributed by atoms with van der Waals surface area (Å²) >= 11 is 0. The van der Waals surface area contributed by atoms with Crippen molar-refractivity contribution < 1.29 is 4.79 Å². The average Bonchev–Trinajstić information content (AvgIpc) is 2.29. The van der Waals surface area contributed by atoms with Crippen molar-refractivity contribution in [1.82, 2.24) is 10.2 Å². The van der Waals surface area contributed by atoms with Crippen molar-refractivity contribution in [3.8, 4) is 0 Å². The number of rotatable bonds is 5. The van der Waals surface area contributed by atoms with Crippen LogP contribution >= 0.6 is 0 Å². The molecule has 4 nitrogen and oxygen atoms in total. The Morgan fingerprint density at radius 3 is 2.67 bits per heavy atom. The Bertz CT molecular complexity index is 268. The molecular weight excluding hydrogens is 226 g/mol. The molecule has 1 amide bonds. The molecule has 1 rings (SSSR count). The SMILES string of the molecule is CC(C)CC(CN)C(=O)NC1CCN(C)CC1C. The fourth-order valence-corrected chi connectivity index (χ4v) is 2.75. The summed E-state index contributed by atoms with van der Waals surface area (Å²) in [5, 5.41) is 3.20. The van der Waals surface area contributed by atoms with Gasteiger partial charge in [-0.05, 0) is 38.3 Å². The summed E-state index contributed by atoms with van der Waals surface area (Å²) in [6, 6.07) is 0.315. The van der Waals surface area contributed by atoms with Crippen LogP contribution < -0.4 is 11.1 Å². The van der Waals surface area contributed by atoms with Crippen molar-refractivity contribution in [3.63, 3.8) is 0 Å². The third kappa shape index (κ3) is 4.58. The van der Waals surface area contributed by atoms with Gasteiger partial charge in [0.2, 0.25) is 5.91 Å². The number of nitrogens with zero attached hydrogens (tertiary/aromatic N) is 1. The standard InChI is InChI=1S/C14H29N3O/c1-10(2)7-12(8-15)14(18)16-13-5-6-17(4)9-11(13)3/h10-13H,5-9,15H2,1-4H3,(H,16,18). The van der Waals surface area contributed by atoms with E-state index in [1.807, 2.05) is 0 Å². The summed E-state index contributed by atoms with van der Waals surface area (Å²) < 4.78 is 0. The van der Waals surface area contributed by atoms with Gasteiger partial charge in [0.1, 0.15) is 0 Å². The molecule has 0 radical (unpaired) electrons. The molecule has 0 aromatic carbocycles. The molecule has 0 aromatic heterocycles. The predicted molar refractivity (Wildman–Crippen MR) is 75.2 cm³/mol. The van der Waals surface area contributed by atoms with Crippen molar-refractivity contribution in [3.05, 3.63) is 0 Å². The number of nitrogens with one attached hydrogen (secondary N) is 1. The number of nitrogens with two attached hydrogens (primary N) is 1. The monoisotopic (exact) mass is 255 g/mol. The number of carbonyl (C=O) groups excluding carboxylic acids is 1. The van der Waals surface area contributed by atoms with E-state index in [0.717, 1.165) is 25.9 Å². The van der Waals surface area contributed by atoms with E-state index in [9.17, 15) is 4.79 Å². The number of hydrogen-bond donors (Lipinski definition) is 2. The van der Waals surface area contributed by atoms with Gasteiger partial charge in [-0.1, -0.05) is 20.8 Å². The minimum atomic E-state index is -0.0307. The number of piperidine rings is 1. The van der Waals surface area contributed by atoms with Gasteiger partial charge in [-0.2, -0.15) is 0 Å². The van der Waals surface area contributed by atoms with Gasteiger partial charge in [-0.15, -0.1) is 0 Å². The lowest BCUT2D eigenvalue weighted by atomic mass is 9.92. The number of likely N-dealkylation sites (tertiary alicyclic amines) is 1. The summed E-state index contributed by atoms with van der Waals surface area (Å²) in [6.07, 6.45) is 1.92. The lowest BCUT2D eigenvalue weighted by Gasteiger charge is -2.36. The Hall–Kier alpha value is -0.610. The van der Waals surface area contributed by atoms with Crippen LogP contribution in [0.2, 0.25) is 0 Å². The van der Waals surface area contributed by atoms with Crippen LogP contribution in [0.25, 0.3) is 0 Å². The van der Waals surface area contributed by atoms with Crippen molar-refractivity contribution in [1.29, 1.82) is 0 Å². The second-order valence-electron chi connectivity index (χ2n) is 6.21. The second kappa shape index (κ2) is 7.10. The summed E-state index contributed by atoms with van der Waals surface area (Å²) in [6.45, 7) is 9.04. The normalized spacial score (nSPS) is 27.2. The van der Waals surface area contributed by atoms with E-state index >= 15 is 0 Å².